The van der Waals surface area contributed by atoms with E-state index in [0.717, 1.165) is 0 Å². The van der Waals surface area contributed by atoms with Crippen molar-refractivity contribution >= 4 is 0 Å². The fraction of sp³-hybridized carbons (Fsp3) is 0. The average Bonchev–Trinajstić information content (AvgIpc) is 1.89. The minimum Gasteiger partial charge on any atom is -0.265 e. The first-order valence-electron chi connectivity index (χ1n) is 2.41. The number of nitrogens with zero attached hydrogens (tertiary/aromatic N) is 1. The van der Waals surface area contributed by atoms with E-state index >= 15 is 0 Å². The molecule has 0 heterocycles. The van der Waals surface area contributed by atoms with Gasteiger partial charge in [-0.05, 0) is 11.6 Å². The molecule has 0 saturated heterocycles. The molecule has 0 radical (unpaired) electrons. The standard InChI is InChI=1S/C7H3FN.W/c8-7-4-2-1-3-6(7)5-9;/h1-2,4H;/q-1;. The van der Waals surface area contributed by atoms with Gasteiger partial charge in [-0.15, -0.1) is 24.3 Å². The van der Waals surface area contributed by atoms with Crippen LogP contribution in [0.4, 0.5) is 4.39 Å². The molecule has 0 fully saturated rings. The summed E-state index contributed by atoms with van der Waals surface area (Å²) in [5.41, 5.74) is -0.0301. The molecule has 10 heavy (non-hydrogen) atoms. The Morgan fingerprint density at radius 1 is 1.60 bits per heavy atom. The van der Waals surface area contributed by atoms with E-state index in [1.807, 2.05) is 0 Å². The second-order valence-corrected chi connectivity index (χ2v) is 1.50. The van der Waals surface area contributed by atoms with Crippen molar-refractivity contribution in [1.82, 2.24) is 0 Å². The zero-order valence-electron chi connectivity index (χ0n) is 4.97. The molecule has 0 aliphatic rings. The van der Waals surface area contributed by atoms with Gasteiger partial charge in [-0.1, -0.05) is 0 Å². The van der Waals surface area contributed by atoms with Crippen LogP contribution in [0.3, 0.4) is 0 Å². The van der Waals surface area contributed by atoms with Crippen molar-refractivity contribution in [3.63, 3.8) is 0 Å². The molecule has 0 amide bonds. The number of hydrogen-bond acceptors (Lipinski definition) is 1. The van der Waals surface area contributed by atoms with Crippen LogP contribution >= 0.6 is 0 Å². The van der Waals surface area contributed by atoms with E-state index in [9.17, 15) is 4.39 Å². The molecule has 0 unspecified atom stereocenters. The van der Waals surface area contributed by atoms with Crippen molar-refractivity contribution in [2.45, 2.75) is 0 Å². The fourth-order valence-corrected chi connectivity index (χ4v) is 0.502. The smallest absolute Gasteiger partial charge is 0.0452 e. The van der Waals surface area contributed by atoms with E-state index in [1.54, 1.807) is 6.07 Å². The SMILES string of the molecule is N#Cc1[c-]cccc1F.[W]. The number of hydrogen-bond donors (Lipinski definition) is 0. The van der Waals surface area contributed by atoms with E-state index in [2.05, 4.69) is 6.07 Å². The molecule has 50 valence electrons. The average molecular weight is 304 g/mol. The maximum Gasteiger partial charge on any atom is 0.0452 e. The summed E-state index contributed by atoms with van der Waals surface area (Å²) in [6.07, 6.45) is 0. The molecule has 1 aromatic rings. The Bertz CT molecular complexity index is 254. The molecule has 1 aromatic carbocycles. The van der Waals surface area contributed by atoms with Crippen molar-refractivity contribution in [2.75, 3.05) is 0 Å². The van der Waals surface area contributed by atoms with Crippen molar-refractivity contribution in [3.05, 3.63) is 35.6 Å². The van der Waals surface area contributed by atoms with Crippen molar-refractivity contribution in [2.24, 2.45) is 0 Å². The minimum atomic E-state index is -0.514. The number of rotatable bonds is 0. The van der Waals surface area contributed by atoms with Gasteiger partial charge in [0.15, 0.2) is 0 Å². The van der Waals surface area contributed by atoms with Gasteiger partial charge in [0.1, 0.15) is 0 Å². The Morgan fingerprint density at radius 2 is 2.30 bits per heavy atom. The van der Waals surface area contributed by atoms with Crippen LogP contribution in [0, 0.1) is 23.2 Å². The van der Waals surface area contributed by atoms with E-state index in [0.29, 0.717) is 0 Å². The summed E-state index contributed by atoms with van der Waals surface area (Å²) >= 11 is 0. The molecular formula is C7H3FNW-. The monoisotopic (exact) mass is 304 g/mol. The number of benzene rings is 1. The molecule has 0 aromatic heterocycles. The summed E-state index contributed by atoms with van der Waals surface area (Å²) < 4.78 is 12.3. The van der Waals surface area contributed by atoms with Gasteiger partial charge < -0.3 is 0 Å². The van der Waals surface area contributed by atoms with Crippen LogP contribution in [-0.4, -0.2) is 0 Å². The molecular weight excluding hydrogens is 301 g/mol. The first-order chi connectivity index (χ1) is 4.34. The van der Waals surface area contributed by atoms with E-state index < -0.39 is 5.82 Å². The molecule has 0 bridgehead atoms. The molecule has 3 heteroatoms. The van der Waals surface area contributed by atoms with Crippen molar-refractivity contribution in [3.8, 4) is 6.07 Å². The third-order valence-electron chi connectivity index (χ3n) is 0.917. The Labute approximate surface area is 72.7 Å². The Kier molecular flexibility index (Phi) is 3.91. The molecule has 0 atom stereocenters. The van der Waals surface area contributed by atoms with Crippen LogP contribution in [-0.2, 0) is 21.1 Å². The minimum absolute atomic E-state index is 0. The van der Waals surface area contributed by atoms with Gasteiger partial charge in [0, 0.05) is 26.9 Å². The maximum atomic E-state index is 12.3. The number of halogens is 1. The first kappa shape index (κ1) is 9.33. The zero-order valence-corrected chi connectivity index (χ0v) is 7.90. The topological polar surface area (TPSA) is 23.8 Å². The Balaban J connectivity index is 0.000000810. The van der Waals surface area contributed by atoms with E-state index in [1.165, 1.54) is 18.2 Å². The van der Waals surface area contributed by atoms with Crippen molar-refractivity contribution in [1.29, 1.82) is 5.26 Å². The van der Waals surface area contributed by atoms with E-state index in [-0.39, 0.29) is 26.6 Å². The molecule has 1 nitrogen and oxygen atoms in total. The van der Waals surface area contributed by atoms with Crippen LogP contribution in [0.1, 0.15) is 5.56 Å². The molecule has 0 spiro atoms. The summed E-state index contributed by atoms with van der Waals surface area (Å²) in [5, 5.41) is 8.20. The van der Waals surface area contributed by atoms with Gasteiger partial charge in [-0.25, -0.2) is 0 Å². The molecule has 0 N–H and O–H groups in total. The van der Waals surface area contributed by atoms with Gasteiger partial charge in [0.2, 0.25) is 0 Å². The second-order valence-electron chi connectivity index (χ2n) is 1.50. The summed E-state index contributed by atoms with van der Waals surface area (Å²) in [4.78, 5) is 0. The van der Waals surface area contributed by atoms with Crippen molar-refractivity contribution < 1.29 is 25.5 Å². The second kappa shape index (κ2) is 4.19. The van der Waals surface area contributed by atoms with E-state index in [4.69, 9.17) is 5.26 Å². The molecule has 0 saturated carbocycles. The summed E-state index contributed by atoms with van der Waals surface area (Å²) in [6.45, 7) is 0. The molecule has 0 aliphatic heterocycles. The van der Waals surface area contributed by atoms with Gasteiger partial charge in [-0.3, -0.25) is 9.65 Å². The van der Waals surface area contributed by atoms with Gasteiger partial charge in [0.25, 0.3) is 0 Å². The predicted molar refractivity (Wildman–Crippen MR) is 30.0 cm³/mol. The Morgan fingerprint density at radius 3 is 2.70 bits per heavy atom. The van der Waals surface area contributed by atoms with Crippen LogP contribution in [0.2, 0.25) is 0 Å². The fourth-order valence-electron chi connectivity index (χ4n) is 0.502. The van der Waals surface area contributed by atoms with Gasteiger partial charge in [0.05, 0.1) is 0 Å². The largest absolute Gasteiger partial charge is 0.265 e. The normalized spacial score (nSPS) is 7.60. The van der Waals surface area contributed by atoms with Crippen LogP contribution in [0.25, 0.3) is 0 Å². The zero-order chi connectivity index (χ0) is 6.69. The van der Waals surface area contributed by atoms with Gasteiger partial charge >= 0.3 is 0 Å². The summed E-state index contributed by atoms with van der Waals surface area (Å²) in [5.74, 6) is -0.514. The number of nitriles is 1. The molecule has 0 aliphatic carbocycles. The van der Waals surface area contributed by atoms with Crippen LogP contribution in [0.15, 0.2) is 18.2 Å². The Hall–Kier alpha value is -0.672. The van der Waals surface area contributed by atoms with Crippen LogP contribution < -0.4 is 0 Å². The van der Waals surface area contributed by atoms with Gasteiger partial charge in [-0.2, -0.15) is 0 Å². The first-order valence-corrected chi connectivity index (χ1v) is 2.41. The summed E-state index contributed by atoms with van der Waals surface area (Å²) in [6, 6.07) is 8.34. The maximum absolute atomic E-state index is 12.3. The third kappa shape index (κ3) is 1.93. The quantitative estimate of drug-likeness (QED) is 0.666. The molecule has 1 rings (SSSR count). The van der Waals surface area contributed by atoms with Crippen LogP contribution in [0.5, 0.6) is 0 Å². The predicted octanol–water partition coefficient (Wildman–Crippen LogP) is 1.50. The summed E-state index contributed by atoms with van der Waals surface area (Å²) in [7, 11) is 0. The third-order valence-corrected chi connectivity index (χ3v) is 0.917.